The highest BCUT2D eigenvalue weighted by atomic mass is 79.9. The number of alkyl halides is 1. The van der Waals surface area contributed by atoms with Crippen LogP contribution in [0.1, 0.15) is 19.4 Å². The number of rotatable bonds is 3. The third kappa shape index (κ3) is 2.47. The van der Waals surface area contributed by atoms with Crippen LogP contribution in [0.25, 0.3) is 0 Å². The van der Waals surface area contributed by atoms with E-state index in [9.17, 15) is 0 Å². The Labute approximate surface area is 88.2 Å². The van der Waals surface area contributed by atoms with Gasteiger partial charge in [-0.3, -0.25) is 0 Å². The second-order valence-corrected chi connectivity index (χ2v) is 4.31. The maximum Gasteiger partial charge on any atom is 0.119 e. The lowest BCUT2D eigenvalue weighted by Crippen LogP contribution is -2.18. The summed E-state index contributed by atoms with van der Waals surface area (Å²) in [5, 5.41) is 0.952. The summed E-state index contributed by atoms with van der Waals surface area (Å²) in [6, 6.07) is 8.21. The average molecular weight is 243 g/mol. The van der Waals surface area contributed by atoms with Crippen LogP contribution in [0.2, 0.25) is 0 Å². The Hall–Kier alpha value is -0.500. The number of benzene rings is 1. The molecule has 0 aliphatic heterocycles. The van der Waals surface area contributed by atoms with E-state index in [-0.39, 0.29) is 5.41 Å². The predicted molar refractivity (Wildman–Crippen MR) is 59.8 cm³/mol. The van der Waals surface area contributed by atoms with Gasteiger partial charge >= 0.3 is 0 Å². The largest absolute Gasteiger partial charge is 0.497 e. The molecule has 0 radical (unpaired) electrons. The topological polar surface area (TPSA) is 9.23 Å². The van der Waals surface area contributed by atoms with Crippen LogP contribution in [-0.2, 0) is 5.41 Å². The van der Waals surface area contributed by atoms with Crippen LogP contribution in [-0.4, -0.2) is 12.4 Å². The van der Waals surface area contributed by atoms with Crippen molar-refractivity contribution < 1.29 is 4.74 Å². The van der Waals surface area contributed by atoms with Crippen molar-refractivity contribution in [2.45, 2.75) is 19.3 Å². The van der Waals surface area contributed by atoms with Crippen LogP contribution < -0.4 is 4.74 Å². The molecular weight excluding hydrogens is 228 g/mol. The monoisotopic (exact) mass is 242 g/mol. The van der Waals surface area contributed by atoms with Crippen LogP contribution in [0, 0.1) is 0 Å². The molecule has 1 aromatic rings. The molecule has 0 amide bonds. The first kappa shape index (κ1) is 10.6. The van der Waals surface area contributed by atoms with Gasteiger partial charge in [0.15, 0.2) is 0 Å². The smallest absolute Gasteiger partial charge is 0.119 e. The molecule has 1 aromatic carbocycles. The Morgan fingerprint density at radius 2 is 2.08 bits per heavy atom. The Bertz CT molecular complexity index is 281. The highest BCUT2D eigenvalue weighted by Gasteiger charge is 2.18. The van der Waals surface area contributed by atoms with Crippen molar-refractivity contribution in [3.8, 4) is 5.75 Å². The molecule has 0 fully saturated rings. The highest BCUT2D eigenvalue weighted by molar-refractivity contribution is 9.09. The van der Waals surface area contributed by atoms with Crippen LogP contribution in [0.3, 0.4) is 0 Å². The molecule has 0 atom stereocenters. The van der Waals surface area contributed by atoms with E-state index in [0.29, 0.717) is 0 Å². The van der Waals surface area contributed by atoms with Gasteiger partial charge in [-0.05, 0) is 23.1 Å². The molecule has 2 heteroatoms. The van der Waals surface area contributed by atoms with Gasteiger partial charge in [0.1, 0.15) is 5.75 Å². The zero-order chi connectivity index (χ0) is 9.90. The van der Waals surface area contributed by atoms with Gasteiger partial charge in [0, 0.05) is 5.33 Å². The normalized spacial score (nSPS) is 11.4. The molecule has 1 nitrogen and oxygen atoms in total. The molecule has 0 saturated heterocycles. The first-order chi connectivity index (χ1) is 6.10. The van der Waals surface area contributed by atoms with Crippen molar-refractivity contribution in [3.63, 3.8) is 0 Å². The highest BCUT2D eigenvalue weighted by Crippen LogP contribution is 2.27. The summed E-state index contributed by atoms with van der Waals surface area (Å²) in [7, 11) is 1.69. The fourth-order valence-corrected chi connectivity index (χ4v) is 1.44. The summed E-state index contributed by atoms with van der Waals surface area (Å²) < 4.78 is 5.18. The molecule has 0 unspecified atom stereocenters. The van der Waals surface area contributed by atoms with Gasteiger partial charge in [0.25, 0.3) is 0 Å². The predicted octanol–water partition coefficient (Wildman–Crippen LogP) is 3.37. The maximum absolute atomic E-state index is 5.18. The van der Waals surface area contributed by atoms with Gasteiger partial charge in [0.2, 0.25) is 0 Å². The number of hydrogen-bond acceptors (Lipinski definition) is 1. The zero-order valence-corrected chi connectivity index (χ0v) is 9.89. The molecule has 0 bridgehead atoms. The lowest BCUT2D eigenvalue weighted by Gasteiger charge is -2.22. The van der Waals surface area contributed by atoms with E-state index in [0.717, 1.165) is 11.1 Å². The molecule has 0 spiro atoms. The van der Waals surface area contributed by atoms with Crippen LogP contribution in [0.4, 0.5) is 0 Å². The van der Waals surface area contributed by atoms with E-state index in [1.807, 2.05) is 12.1 Å². The molecular formula is C11H15BrO. The fraction of sp³-hybridized carbons (Fsp3) is 0.455. The third-order valence-corrected chi connectivity index (χ3v) is 3.59. The van der Waals surface area contributed by atoms with Crippen LogP contribution in [0.15, 0.2) is 24.3 Å². The standard InChI is InChI=1S/C11H15BrO/c1-11(2,8-12)9-5-4-6-10(7-9)13-3/h4-7H,8H2,1-3H3. The second kappa shape index (κ2) is 4.14. The summed E-state index contributed by atoms with van der Waals surface area (Å²) in [6.45, 7) is 4.41. The van der Waals surface area contributed by atoms with Crippen molar-refractivity contribution in [1.29, 1.82) is 0 Å². The Morgan fingerprint density at radius 3 is 2.62 bits per heavy atom. The molecule has 0 saturated carbocycles. The molecule has 0 heterocycles. The van der Waals surface area contributed by atoms with Crippen molar-refractivity contribution in [2.75, 3.05) is 12.4 Å². The molecule has 0 aromatic heterocycles. The number of methoxy groups -OCH3 is 1. The quantitative estimate of drug-likeness (QED) is 0.739. The summed E-state index contributed by atoms with van der Waals surface area (Å²) >= 11 is 3.51. The zero-order valence-electron chi connectivity index (χ0n) is 8.30. The van der Waals surface area contributed by atoms with Gasteiger partial charge < -0.3 is 4.74 Å². The molecule has 13 heavy (non-hydrogen) atoms. The SMILES string of the molecule is COc1cccc(C(C)(C)CBr)c1. The summed E-state index contributed by atoms with van der Waals surface area (Å²) in [6.07, 6.45) is 0. The van der Waals surface area contributed by atoms with Crippen LogP contribution >= 0.6 is 15.9 Å². The Balaban J connectivity index is 3.01. The van der Waals surface area contributed by atoms with E-state index in [2.05, 4.69) is 41.9 Å². The van der Waals surface area contributed by atoms with Gasteiger partial charge in [-0.2, -0.15) is 0 Å². The minimum Gasteiger partial charge on any atom is -0.497 e. The van der Waals surface area contributed by atoms with Crippen molar-refractivity contribution in [2.24, 2.45) is 0 Å². The minimum absolute atomic E-state index is 0.161. The lowest BCUT2D eigenvalue weighted by atomic mass is 9.87. The van der Waals surface area contributed by atoms with Crippen molar-refractivity contribution >= 4 is 15.9 Å². The maximum atomic E-state index is 5.18. The molecule has 1 rings (SSSR count). The molecule has 72 valence electrons. The first-order valence-electron chi connectivity index (χ1n) is 4.30. The Morgan fingerprint density at radius 1 is 1.38 bits per heavy atom. The van der Waals surface area contributed by atoms with E-state index in [1.165, 1.54) is 5.56 Å². The van der Waals surface area contributed by atoms with E-state index in [1.54, 1.807) is 7.11 Å². The first-order valence-corrected chi connectivity index (χ1v) is 5.43. The van der Waals surface area contributed by atoms with Gasteiger partial charge in [-0.1, -0.05) is 41.9 Å². The number of ether oxygens (including phenoxy) is 1. The summed E-state index contributed by atoms with van der Waals surface area (Å²) in [5.41, 5.74) is 1.46. The molecule has 0 aliphatic carbocycles. The molecule has 0 aliphatic rings. The van der Waals surface area contributed by atoms with E-state index < -0.39 is 0 Å². The number of hydrogen-bond donors (Lipinski definition) is 0. The second-order valence-electron chi connectivity index (χ2n) is 3.75. The van der Waals surface area contributed by atoms with Gasteiger partial charge in [-0.15, -0.1) is 0 Å². The summed E-state index contributed by atoms with van der Waals surface area (Å²) in [4.78, 5) is 0. The lowest BCUT2D eigenvalue weighted by molar-refractivity contribution is 0.413. The average Bonchev–Trinajstić information content (AvgIpc) is 2.18. The summed E-state index contributed by atoms with van der Waals surface area (Å²) in [5.74, 6) is 0.923. The van der Waals surface area contributed by atoms with Crippen LogP contribution in [0.5, 0.6) is 5.75 Å². The van der Waals surface area contributed by atoms with Crippen molar-refractivity contribution in [3.05, 3.63) is 29.8 Å². The molecule has 0 N–H and O–H groups in total. The van der Waals surface area contributed by atoms with E-state index in [4.69, 9.17) is 4.74 Å². The minimum atomic E-state index is 0.161. The van der Waals surface area contributed by atoms with E-state index >= 15 is 0 Å². The van der Waals surface area contributed by atoms with Gasteiger partial charge in [0.05, 0.1) is 7.11 Å². The third-order valence-electron chi connectivity index (χ3n) is 2.19. The number of halogens is 1. The Kier molecular flexibility index (Phi) is 3.37. The van der Waals surface area contributed by atoms with Crippen molar-refractivity contribution in [1.82, 2.24) is 0 Å². The fourth-order valence-electron chi connectivity index (χ4n) is 1.12. The van der Waals surface area contributed by atoms with Gasteiger partial charge in [-0.25, -0.2) is 0 Å².